The monoisotopic (exact) mass is 465 g/mol. The van der Waals surface area contributed by atoms with Gasteiger partial charge in [-0.1, -0.05) is 54.6 Å². The van der Waals surface area contributed by atoms with Gasteiger partial charge in [-0.3, -0.25) is 4.90 Å². The van der Waals surface area contributed by atoms with Gasteiger partial charge in [-0.15, -0.1) is 0 Å². The molecule has 0 fully saturated rings. The van der Waals surface area contributed by atoms with Crippen LogP contribution < -0.4 is 31.1 Å². The smallest absolute Gasteiger partial charge is 0.256 e. The maximum absolute atomic E-state index is 6.20. The Kier molecular flexibility index (Phi) is 3.78. The molecule has 0 unspecified atom stereocenters. The second-order valence-electron chi connectivity index (χ2n) is 10.2. The second kappa shape index (κ2) is 6.85. The number of anilines is 7. The predicted molar refractivity (Wildman–Crippen MR) is 149 cm³/mol. The lowest BCUT2D eigenvalue weighted by Gasteiger charge is -2.46. The van der Waals surface area contributed by atoms with E-state index in [9.17, 15) is 0 Å². The quantitative estimate of drug-likeness (QED) is 0.296. The molecule has 0 spiro atoms. The average Bonchev–Trinajstić information content (AvgIpc) is 3.48. The van der Waals surface area contributed by atoms with Crippen LogP contribution in [0.25, 0.3) is 0 Å². The minimum Gasteiger partial charge on any atom is -0.449 e. The summed E-state index contributed by atoms with van der Waals surface area (Å²) in [4.78, 5) is 7.31. The fraction of sp³-hybridized carbons (Fsp3) is 0.0968. The molecule has 0 saturated heterocycles. The van der Waals surface area contributed by atoms with Gasteiger partial charge in [0.2, 0.25) is 0 Å². The molecule has 1 aromatic heterocycles. The molecule has 0 aliphatic carbocycles. The maximum atomic E-state index is 6.20. The van der Waals surface area contributed by atoms with Crippen LogP contribution in [0.2, 0.25) is 0 Å². The van der Waals surface area contributed by atoms with Crippen molar-refractivity contribution in [2.75, 3.05) is 14.7 Å². The van der Waals surface area contributed by atoms with Crippen LogP contribution >= 0.6 is 0 Å². The molecule has 5 aromatic rings. The summed E-state index contributed by atoms with van der Waals surface area (Å²) in [5.74, 6) is 0.902. The topological polar surface area (TPSA) is 22.9 Å². The molecule has 4 nitrogen and oxygen atoms in total. The molecule has 3 aliphatic rings. The third-order valence-electron chi connectivity index (χ3n) is 7.96. The Morgan fingerprint density at radius 2 is 1.28 bits per heavy atom. The fourth-order valence-corrected chi connectivity index (χ4v) is 6.68. The number of benzene rings is 4. The number of rotatable bonds is 2. The van der Waals surface area contributed by atoms with Gasteiger partial charge < -0.3 is 14.2 Å². The van der Waals surface area contributed by atoms with Crippen molar-refractivity contribution >= 4 is 63.1 Å². The highest BCUT2D eigenvalue weighted by molar-refractivity contribution is 7.00. The summed E-state index contributed by atoms with van der Waals surface area (Å²) in [6.45, 7) is 4.76. The van der Waals surface area contributed by atoms with E-state index in [4.69, 9.17) is 4.42 Å². The fourth-order valence-electron chi connectivity index (χ4n) is 6.68. The molecule has 4 aromatic carbocycles. The van der Waals surface area contributed by atoms with E-state index in [0.29, 0.717) is 0 Å². The first-order chi connectivity index (χ1) is 17.7. The average molecular weight is 465 g/mol. The van der Waals surface area contributed by atoms with E-state index >= 15 is 0 Å². The number of fused-ring (bicyclic) bond motifs is 4. The van der Waals surface area contributed by atoms with Crippen molar-refractivity contribution in [3.05, 3.63) is 109 Å². The Balaban J connectivity index is 1.45. The largest absolute Gasteiger partial charge is 0.449 e. The van der Waals surface area contributed by atoms with Gasteiger partial charge in [0.15, 0.2) is 5.88 Å². The highest BCUT2D eigenvalue weighted by atomic mass is 16.3. The number of hydrogen-bond acceptors (Lipinski definition) is 4. The Hall–Kier alpha value is -4.38. The van der Waals surface area contributed by atoms with Gasteiger partial charge in [0.05, 0.1) is 17.6 Å². The summed E-state index contributed by atoms with van der Waals surface area (Å²) < 4.78 is 6.20. The van der Waals surface area contributed by atoms with E-state index in [1.165, 1.54) is 44.8 Å². The minimum absolute atomic E-state index is 0.114. The van der Waals surface area contributed by atoms with Crippen LogP contribution in [-0.2, 0) is 0 Å². The molecule has 0 atom stereocenters. The van der Waals surface area contributed by atoms with E-state index < -0.39 is 0 Å². The molecule has 8 rings (SSSR count). The summed E-state index contributed by atoms with van der Waals surface area (Å²) in [6, 6.07) is 36.9. The third kappa shape index (κ3) is 2.35. The SMILES string of the molecule is CC1(C)N(c2ccccc2)c2cccc3c2N1c1cccc2c1B3c1ccoc1N2c1ccccc1. The van der Waals surface area contributed by atoms with Crippen LogP contribution in [-0.4, -0.2) is 12.4 Å². The van der Waals surface area contributed by atoms with Crippen molar-refractivity contribution in [2.24, 2.45) is 0 Å². The molecular formula is C31H24BN3O. The van der Waals surface area contributed by atoms with Crippen molar-refractivity contribution < 1.29 is 4.42 Å². The van der Waals surface area contributed by atoms with Crippen LogP contribution in [0.5, 0.6) is 0 Å². The standard InChI is InChI=1S/C31H24BN3O/c1-31(2)34(22-13-7-4-8-14-22)27-18-9-15-23-29(27)35(31)26-17-10-16-25-28(26)32(23)24-19-20-36-30(24)33(25)21-11-5-3-6-12-21/h3-20H,1-2H3. The molecule has 36 heavy (non-hydrogen) atoms. The molecular weight excluding hydrogens is 441 g/mol. The summed E-state index contributed by atoms with van der Waals surface area (Å²) in [5.41, 5.74) is 10.9. The second-order valence-corrected chi connectivity index (χ2v) is 10.2. The van der Waals surface area contributed by atoms with E-state index in [1.807, 2.05) is 6.26 Å². The van der Waals surface area contributed by atoms with Crippen LogP contribution in [0.15, 0.2) is 114 Å². The van der Waals surface area contributed by atoms with Crippen LogP contribution in [0.1, 0.15) is 13.8 Å². The molecule has 0 N–H and O–H groups in total. The van der Waals surface area contributed by atoms with Gasteiger partial charge >= 0.3 is 0 Å². The predicted octanol–water partition coefficient (Wildman–Crippen LogP) is 5.92. The molecule has 0 saturated carbocycles. The van der Waals surface area contributed by atoms with Crippen LogP contribution in [0.3, 0.4) is 0 Å². The number of furan rings is 1. The molecule has 5 heteroatoms. The van der Waals surface area contributed by atoms with Crippen molar-refractivity contribution in [3.8, 4) is 0 Å². The van der Waals surface area contributed by atoms with E-state index in [0.717, 1.165) is 11.6 Å². The highest BCUT2D eigenvalue weighted by Crippen LogP contribution is 2.54. The number of hydrogen-bond donors (Lipinski definition) is 0. The number of nitrogens with zero attached hydrogens (tertiary/aromatic N) is 3. The lowest BCUT2D eigenvalue weighted by Crippen LogP contribution is -2.63. The highest BCUT2D eigenvalue weighted by Gasteiger charge is 2.53. The van der Waals surface area contributed by atoms with E-state index in [1.54, 1.807) is 0 Å². The Morgan fingerprint density at radius 3 is 2.06 bits per heavy atom. The summed E-state index contributed by atoms with van der Waals surface area (Å²) in [6.07, 6.45) is 1.84. The first-order valence-corrected chi connectivity index (χ1v) is 12.5. The molecule has 0 amide bonds. The van der Waals surface area contributed by atoms with Gasteiger partial charge in [-0.2, -0.15) is 0 Å². The van der Waals surface area contributed by atoms with Crippen molar-refractivity contribution in [1.29, 1.82) is 0 Å². The Morgan fingerprint density at radius 1 is 0.611 bits per heavy atom. The first kappa shape index (κ1) is 19.9. The molecule has 3 aliphatic heterocycles. The normalized spacial score (nSPS) is 16.1. The van der Waals surface area contributed by atoms with Crippen LogP contribution in [0.4, 0.5) is 40.0 Å². The maximum Gasteiger partial charge on any atom is 0.256 e. The van der Waals surface area contributed by atoms with E-state index in [2.05, 4.69) is 132 Å². The zero-order valence-electron chi connectivity index (χ0n) is 20.2. The molecule has 0 radical (unpaired) electrons. The van der Waals surface area contributed by atoms with Gasteiger partial charge in [0.1, 0.15) is 5.66 Å². The summed E-state index contributed by atoms with van der Waals surface area (Å²) in [5, 5.41) is 0. The lowest BCUT2D eigenvalue weighted by molar-refractivity contribution is 0.541. The van der Waals surface area contributed by atoms with Crippen molar-refractivity contribution in [3.63, 3.8) is 0 Å². The zero-order valence-corrected chi connectivity index (χ0v) is 20.2. The van der Waals surface area contributed by atoms with Crippen molar-refractivity contribution in [1.82, 2.24) is 0 Å². The van der Waals surface area contributed by atoms with Crippen molar-refractivity contribution in [2.45, 2.75) is 19.5 Å². The number of para-hydroxylation sites is 3. The summed E-state index contributed by atoms with van der Waals surface area (Å²) in [7, 11) is 0. The zero-order chi connectivity index (χ0) is 24.0. The van der Waals surface area contributed by atoms with E-state index in [-0.39, 0.29) is 12.4 Å². The first-order valence-electron chi connectivity index (χ1n) is 12.5. The van der Waals surface area contributed by atoms with Gasteiger partial charge in [0.25, 0.3) is 6.71 Å². The lowest BCUT2D eigenvalue weighted by atomic mass is 9.34. The molecule has 4 heterocycles. The third-order valence-corrected chi connectivity index (χ3v) is 7.96. The molecule has 172 valence electrons. The van der Waals surface area contributed by atoms with Gasteiger partial charge in [-0.05, 0) is 78.8 Å². The Labute approximate surface area is 211 Å². The van der Waals surface area contributed by atoms with Gasteiger partial charge in [0, 0.05) is 22.7 Å². The molecule has 0 bridgehead atoms. The van der Waals surface area contributed by atoms with Gasteiger partial charge in [-0.25, -0.2) is 0 Å². The minimum atomic E-state index is -0.297. The Bertz CT molecular complexity index is 1640. The van der Waals surface area contributed by atoms with Crippen LogP contribution in [0, 0.1) is 0 Å². The summed E-state index contributed by atoms with van der Waals surface area (Å²) >= 11 is 0.